The number of carbonyl (C=O) groups is 1. The van der Waals surface area contributed by atoms with Gasteiger partial charge in [-0.3, -0.25) is 15.6 Å². The lowest BCUT2D eigenvalue weighted by Gasteiger charge is -2.12. The van der Waals surface area contributed by atoms with Gasteiger partial charge in [-0.15, -0.1) is 0 Å². The van der Waals surface area contributed by atoms with Gasteiger partial charge in [0.25, 0.3) is 5.91 Å². The fourth-order valence-electron chi connectivity index (χ4n) is 2.33. The van der Waals surface area contributed by atoms with Gasteiger partial charge in [-0.1, -0.05) is 32.9 Å². The second-order valence-corrected chi connectivity index (χ2v) is 7.05. The average Bonchev–Trinajstić information content (AvgIpc) is 2.66. The van der Waals surface area contributed by atoms with Gasteiger partial charge in [-0.05, 0) is 72.9 Å². The topological polar surface area (TPSA) is 62.4 Å². The monoisotopic (exact) mass is 385 g/mol. The van der Waals surface area contributed by atoms with E-state index in [0.29, 0.717) is 23.2 Å². The first-order valence-electron chi connectivity index (χ1n) is 9.17. The summed E-state index contributed by atoms with van der Waals surface area (Å²) in [5.41, 5.74) is 7.92. The Bertz CT molecular complexity index is 760. The number of ether oxygens (including phenoxy) is 1. The first-order chi connectivity index (χ1) is 13.0. The fraction of sp³-hybridized carbons (Fsp3) is 0.333. The number of benzene rings is 2. The summed E-state index contributed by atoms with van der Waals surface area (Å²) in [6.45, 7) is 7.08. The molecule has 0 fully saturated rings. The van der Waals surface area contributed by atoms with Gasteiger partial charge in [-0.25, -0.2) is 0 Å². The molecule has 0 spiro atoms. The molecule has 0 unspecified atom stereocenters. The molecule has 0 aliphatic heterocycles. The van der Waals surface area contributed by atoms with Gasteiger partial charge >= 0.3 is 0 Å². The Hall–Kier alpha value is -2.60. The minimum Gasteiger partial charge on any atom is -0.494 e. The summed E-state index contributed by atoms with van der Waals surface area (Å²) in [4.78, 5) is 12.2. The Morgan fingerprint density at radius 2 is 1.85 bits per heavy atom. The Kier molecular flexibility index (Phi) is 8.07. The smallest absolute Gasteiger partial charge is 0.269 e. The normalized spacial score (nSPS) is 10.4. The SMILES string of the molecule is CCc1cccc(NC(=S)NNC(=O)c2ccc(OCCC(C)C)cc2)c1. The highest BCUT2D eigenvalue weighted by molar-refractivity contribution is 7.80. The van der Waals surface area contributed by atoms with Gasteiger partial charge in [0, 0.05) is 11.3 Å². The van der Waals surface area contributed by atoms with E-state index in [1.54, 1.807) is 24.3 Å². The number of rotatable bonds is 7. The summed E-state index contributed by atoms with van der Waals surface area (Å²) in [7, 11) is 0. The van der Waals surface area contributed by atoms with Crippen LogP contribution in [-0.4, -0.2) is 17.6 Å². The third-order valence-corrected chi connectivity index (χ3v) is 4.17. The van der Waals surface area contributed by atoms with Crippen molar-refractivity contribution < 1.29 is 9.53 Å². The van der Waals surface area contributed by atoms with Crippen LogP contribution in [0, 0.1) is 5.92 Å². The summed E-state index contributed by atoms with van der Waals surface area (Å²) in [5, 5.41) is 3.37. The summed E-state index contributed by atoms with van der Waals surface area (Å²) >= 11 is 5.22. The number of hydrogen-bond donors (Lipinski definition) is 3. The van der Waals surface area contributed by atoms with Crippen molar-refractivity contribution in [1.82, 2.24) is 10.9 Å². The number of aryl methyl sites for hydroxylation is 1. The molecule has 27 heavy (non-hydrogen) atoms. The van der Waals surface area contributed by atoms with Crippen molar-refractivity contribution in [3.05, 3.63) is 59.7 Å². The molecule has 0 saturated heterocycles. The van der Waals surface area contributed by atoms with E-state index in [0.717, 1.165) is 24.3 Å². The molecule has 2 aromatic carbocycles. The van der Waals surface area contributed by atoms with Crippen LogP contribution >= 0.6 is 12.2 Å². The lowest BCUT2D eigenvalue weighted by molar-refractivity contribution is 0.0944. The molecule has 0 saturated carbocycles. The molecule has 0 aromatic heterocycles. The number of thiocarbonyl (C=S) groups is 1. The molecular formula is C21H27N3O2S. The Labute approximate surface area is 166 Å². The number of amides is 1. The van der Waals surface area contributed by atoms with Gasteiger partial charge in [-0.2, -0.15) is 0 Å². The zero-order valence-electron chi connectivity index (χ0n) is 16.0. The molecule has 5 nitrogen and oxygen atoms in total. The molecule has 0 atom stereocenters. The average molecular weight is 386 g/mol. The molecule has 1 amide bonds. The van der Waals surface area contributed by atoms with Gasteiger partial charge < -0.3 is 10.1 Å². The highest BCUT2D eigenvalue weighted by atomic mass is 32.1. The van der Waals surface area contributed by atoms with Gasteiger partial charge in [0.15, 0.2) is 5.11 Å². The van der Waals surface area contributed by atoms with E-state index < -0.39 is 0 Å². The Morgan fingerprint density at radius 3 is 2.52 bits per heavy atom. The van der Waals surface area contributed by atoms with Crippen molar-refractivity contribution >= 4 is 28.9 Å². The summed E-state index contributed by atoms with van der Waals surface area (Å²) < 4.78 is 5.66. The van der Waals surface area contributed by atoms with Crippen LogP contribution in [0.2, 0.25) is 0 Å². The second-order valence-electron chi connectivity index (χ2n) is 6.64. The molecule has 0 radical (unpaired) electrons. The first-order valence-corrected chi connectivity index (χ1v) is 9.58. The van der Waals surface area contributed by atoms with Crippen molar-refractivity contribution in [2.24, 2.45) is 5.92 Å². The molecular weight excluding hydrogens is 358 g/mol. The molecule has 0 aliphatic carbocycles. The van der Waals surface area contributed by atoms with Crippen LogP contribution in [0.25, 0.3) is 0 Å². The maximum absolute atomic E-state index is 12.2. The second kappa shape index (κ2) is 10.5. The van der Waals surface area contributed by atoms with Crippen LogP contribution < -0.4 is 20.9 Å². The lowest BCUT2D eigenvalue weighted by atomic mass is 10.1. The first kappa shape index (κ1) is 20.7. The van der Waals surface area contributed by atoms with Crippen LogP contribution in [0.1, 0.15) is 43.1 Å². The fourth-order valence-corrected chi connectivity index (χ4v) is 2.50. The van der Waals surface area contributed by atoms with E-state index >= 15 is 0 Å². The van der Waals surface area contributed by atoms with Gasteiger partial charge in [0.2, 0.25) is 0 Å². The van der Waals surface area contributed by atoms with Gasteiger partial charge in [0.05, 0.1) is 6.61 Å². The summed E-state index contributed by atoms with van der Waals surface area (Å²) in [5.74, 6) is 1.09. The number of anilines is 1. The minimum atomic E-state index is -0.268. The third kappa shape index (κ3) is 7.27. The molecule has 2 aromatic rings. The molecule has 144 valence electrons. The van der Waals surface area contributed by atoms with E-state index in [1.807, 2.05) is 18.2 Å². The van der Waals surface area contributed by atoms with E-state index in [-0.39, 0.29) is 5.91 Å². The molecule has 3 N–H and O–H groups in total. The predicted octanol–water partition coefficient (Wildman–Crippen LogP) is 4.31. The number of nitrogens with one attached hydrogen (secondary N) is 3. The van der Waals surface area contributed by atoms with E-state index in [1.165, 1.54) is 5.56 Å². The van der Waals surface area contributed by atoms with E-state index in [9.17, 15) is 4.79 Å². The van der Waals surface area contributed by atoms with Crippen molar-refractivity contribution in [3.63, 3.8) is 0 Å². The summed E-state index contributed by atoms with van der Waals surface area (Å²) in [6.07, 6.45) is 1.95. The minimum absolute atomic E-state index is 0.268. The van der Waals surface area contributed by atoms with Gasteiger partial charge in [0.1, 0.15) is 5.75 Å². The molecule has 0 heterocycles. The molecule has 2 rings (SSSR count). The molecule has 6 heteroatoms. The molecule has 0 aliphatic rings. The van der Waals surface area contributed by atoms with Crippen LogP contribution in [0.3, 0.4) is 0 Å². The van der Waals surface area contributed by atoms with E-state index in [4.69, 9.17) is 17.0 Å². The quantitative estimate of drug-likeness (QED) is 0.490. The highest BCUT2D eigenvalue weighted by Crippen LogP contribution is 2.13. The Morgan fingerprint density at radius 1 is 1.11 bits per heavy atom. The zero-order valence-corrected chi connectivity index (χ0v) is 16.9. The van der Waals surface area contributed by atoms with Crippen molar-refractivity contribution in [2.75, 3.05) is 11.9 Å². The van der Waals surface area contributed by atoms with Crippen LogP contribution in [0.4, 0.5) is 5.69 Å². The van der Waals surface area contributed by atoms with Crippen LogP contribution in [0.15, 0.2) is 48.5 Å². The summed E-state index contributed by atoms with van der Waals surface area (Å²) in [6, 6.07) is 15.0. The van der Waals surface area contributed by atoms with Crippen molar-refractivity contribution in [1.29, 1.82) is 0 Å². The lowest BCUT2D eigenvalue weighted by Crippen LogP contribution is -2.43. The van der Waals surface area contributed by atoms with Crippen LogP contribution in [-0.2, 0) is 6.42 Å². The van der Waals surface area contributed by atoms with E-state index in [2.05, 4.69) is 43.0 Å². The molecule has 0 bridgehead atoms. The number of hydrazine groups is 1. The van der Waals surface area contributed by atoms with Crippen molar-refractivity contribution in [2.45, 2.75) is 33.6 Å². The van der Waals surface area contributed by atoms with Crippen molar-refractivity contribution in [3.8, 4) is 5.75 Å². The number of carbonyl (C=O) groups excluding carboxylic acids is 1. The standard InChI is InChI=1S/C21H27N3O2S/c1-4-16-6-5-7-18(14-16)22-21(27)24-23-20(25)17-8-10-19(11-9-17)26-13-12-15(2)3/h5-11,14-15H,4,12-13H2,1-3H3,(H,23,25)(H2,22,24,27). The van der Waals surface area contributed by atoms with Crippen LogP contribution in [0.5, 0.6) is 5.75 Å². The Balaban J connectivity index is 1.79. The maximum Gasteiger partial charge on any atom is 0.269 e. The largest absolute Gasteiger partial charge is 0.494 e. The third-order valence-electron chi connectivity index (χ3n) is 3.96. The predicted molar refractivity (Wildman–Crippen MR) is 114 cm³/mol. The maximum atomic E-state index is 12.2. The number of hydrogen-bond acceptors (Lipinski definition) is 3. The zero-order chi connectivity index (χ0) is 19.6. The highest BCUT2D eigenvalue weighted by Gasteiger charge is 2.07.